The molecule has 2 N–H and O–H groups in total. The Kier molecular flexibility index (Phi) is 2.79. The summed E-state index contributed by atoms with van der Waals surface area (Å²) in [6.45, 7) is 0. The summed E-state index contributed by atoms with van der Waals surface area (Å²) in [7, 11) is 0. The van der Waals surface area contributed by atoms with Crippen LogP contribution in [0.5, 0.6) is 0 Å². The fourth-order valence-corrected chi connectivity index (χ4v) is 3.47. The molecular formula is C16H13N3OS. The van der Waals surface area contributed by atoms with E-state index in [0.29, 0.717) is 0 Å². The monoisotopic (exact) mass is 295 g/mol. The Balaban J connectivity index is 1.77. The maximum atomic E-state index is 12.4. The molecule has 0 saturated heterocycles. The minimum Gasteiger partial charge on any atom is -0.360 e. The molecule has 4 nitrogen and oxygen atoms in total. The van der Waals surface area contributed by atoms with Crippen molar-refractivity contribution < 1.29 is 4.79 Å². The number of benzene rings is 1. The molecule has 0 bridgehead atoms. The molecule has 3 heterocycles. The van der Waals surface area contributed by atoms with Crippen molar-refractivity contribution in [2.45, 2.75) is 6.17 Å². The van der Waals surface area contributed by atoms with Crippen LogP contribution in [0.3, 0.4) is 0 Å². The molecule has 21 heavy (non-hydrogen) atoms. The highest BCUT2D eigenvalue weighted by Crippen LogP contribution is 2.30. The van der Waals surface area contributed by atoms with Gasteiger partial charge in [0, 0.05) is 11.9 Å². The van der Waals surface area contributed by atoms with Gasteiger partial charge < -0.3 is 15.2 Å². The van der Waals surface area contributed by atoms with Crippen LogP contribution in [0.1, 0.15) is 22.2 Å². The fraction of sp³-hybridized carbons (Fsp3) is 0.0625. The van der Waals surface area contributed by atoms with Crippen LogP contribution in [-0.4, -0.2) is 10.5 Å². The highest BCUT2D eigenvalue weighted by atomic mass is 32.1. The van der Waals surface area contributed by atoms with Crippen molar-refractivity contribution in [3.8, 4) is 5.00 Å². The van der Waals surface area contributed by atoms with Crippen LogP contribution in [0.2, 0.25) is 0 Å². The van der Waals surface area contributed by atoms with E-state index >= 15 is 0 Å². The average Bonchev–Trinajstić information content (AvgIpc) is 3.14. The van der Waals surface area contributed by atoms with Crippen LogP contribution in [0, 0.1) is 0 Å². The van der Waals surface area contributed by atoms with Gasteiger partial charge in [0.25, 0.3) is 5.91 Å². The fourth-order valence-electron chi connectivity index (χ4n) is 2.57. The number of hydrogen-bond donors (Lipinski definition) is 2. The molecule has 1 aliphatic heterocycles. The normalized spacial score (nSPS) is 16.6. The molecule has 5 heteroatoms. The van der Waals surface area contributed by atoms with Gasteiger partial charge in [-0.1, -0.05) is 18.2 Å². The molecule has 0 saturated carbocycles. The second-order valence-corrected chi connectivity index (χ2v) is 5.75. The molecule has 1 aliphatic rings. The second kappa shape index (κ2) is 4.79. The number of hydrogen-bond acceptors (Lipinski definition) is 3. The Bertz CT molecular complexity index is 791. The van der Waals surface area contributed by atoms with Gasteiger partial charge in [0.2, 0.25) is 0 Å². The summed E-state index contributed by atoms with van der Waals surface area (Å²) >= 11 is 1.57. The van der Waals surface area contributed by atoms with Crippen LogP contribution in [0.25, 0.3) is 5.00 Å². The van der Waals surface area contributed by atoms with E-state index in [1.165, 1.54) is 0 Å². The lowest BCUT2D eigenvalue weighted by molar-refractivity contribution is 0.0944. The maximum Gasteiger partial charge on any atom is 0.256 e. The van der Waals surface area contributed by atoms with Crippen LogP contribution in [0.15, 0.2) is 60.1 Å². The molecule has 0 aliphatic carbocycles. The summed E-state index contributed by atoms with van der Waals surface area (Å²) in [6.07, 6.45) is 1.74. The van der Waals surface area contributed by atoms with Gasteiger partial charge in [-0.15, -0.1) is 11.3 Å². The number of para-hydroxylation sites is 1. The zero-order valence-electron chi connectivity index (χ0n) is 11.1. The SMILES string of the molecule is O=C1NC(Nc2ccccc2)c2cccn2-c2sccc21. The zero-order valence-corrected chi connectivity index (χ0v) is 11.9. The maximum absolute atomic E-state index is 12.4. The Morgan fingerprint density at radius 1 is 1.10 bits per heavy atom. The Labute approximate surface area is 126 Å². The summed E-state index contributed by atoms with van der Waals surface area (Å²) in [4.78, 5) is 12.4. The number of thiophene rings is 1. The van der Waals surface area contributed by atoms with Gasteiger partial charge in [-0.05, 0) is 35.7 Å². The average molecular weight is 295 g/mol. The predicted molar refractivity (Wildman–Crippen MR) is 83.9 cm³/mol. The quantitative estimate of drug-likeness (QED) is 0.761. The standard InChI is InChI=1S/C16H13N3OS/c20-15-12-8-10-21-16(12)19-9-4-7-13(19)14(18-15)17-11-5-2-1-3-6-11/h1-10,14,17H,(H,18,20). The molecule has 1 atom stereocenters. The molecule has 1 amide bonds. The summed E-state index contributed by atoms with van der Waals surface area (Å²) in [5.41, 5.74) is 2.71. The smallest absolute Gasteiger partial charge is 0.256 e. The summed E-state index contributed by atoms with van der Waals surface area (Å²) < 4.78 is 2.07. The molecule has 1 unspecified atom stereocenters. The van der Waals surface area contributed by atoms with Crippen molar-refractivity contribution in [3.63, 3.8) is 0 Å². The van der Waals surface area contributed by atoms with Crippen LogP contribution >= 0.6 is 11.3 Å². The van der Waals surface area contributed by atoms with Gasteiger partial charge in [0.15, 0.2) is 0 Å². The molecule has 0 radical (unpaired) electrons. The van der Waals surface area contributed by atoms with Crippen LogP contribution < -0.4 is 10.6 Å². The molecule has 4 rings (SSSR count). The van der Waals surface area contributed by atoms with E-state index in [2.05, 4.69) is 15.2 Å². The van der Waals surface area contributed by atoms with E-state index in [-0.39, 0.29) is 12.1 Å². The van der Waals surface area contributed by atoms with Gasteiger partial charge >= 0.3 is 0 Å². The Morgan fingerprint density at radius 3 is 2.81 bits per heavy atom. The molecule has 1 aromatic carbocycles. The third-order valence-corrected chi connectivity index (χ3v) is 4.46. The van der Waals surface area contributed by atoms with Crippen molar-refractivity contribution in [1.82, 2.24) is 9.88 Å². The number of anilines is 1. The molecular weight excluding hydrogens is 282 g/mol. The van der Waals surface area contributed by atoms with Crippen molar-refractivity contribution in [2.24, 2.45) is 0 Å². The first kappa shape index (κ1) is 12.2. The van der Waals surface area contributed by atoms with Gasteiger partial charge in [0.1, 0.15) is 11.2 Å². The van der Waals surface area contributed by atoms with E-state index < -0.39 is 0 Å². The number of carbonyl (C=O) groups excluding carboxylic acids is 1. The molecule has 0 fully saturated rings. The largest absolute Gasteiger partial charge is 0.360 e. The van der Waals surface area contributed by atoms with E-state index in [4.69, 9.17) is 0 Å². The van der Waals surface area contributed by atoms with Crippen LogP contribution in [-0.2, 0) is 0 Å². The predicted octanol–water partition coefficient (Wildman–Crippen LogP) is 3.39. The number of fused-ring (bicyclic) bond motifs is 3. The number of amides is 1. The first-order chi connectivity index (χ1) is 10.3. The number of carbonyl (C=O) groups is 1. The zero-order chi connectivity index (χ0) is 14.2. The topological polar surface area (TPSA) is 46.1 Å². The van der Waals surface area contributed by atoms with Crippen molar-refractivity contribution in [3.05, 3.63) is 71.4 Å². The Morgan fingerprint density at radius 2 is 1.95 bits per heavy atom. The van der Waals surface area contributed by atoms with Crippen molar-refractivity contribution in [1.29, 1.82) is 0 Å². The lowest BCUT2D eigenvalue weighted by atomic mass is 10.2. The molecule has 2 aromatic heterocycles. The van der Waals surface area contributed by atoms with Crippen LogP contribution in [0.4, 0.5) is 5.69 Å². The van der Waals surface area contributed by atoms with Gasteiger partial charge in [0.05, 0.1) is 11.3 Å². The minimum absolute atomic E-state index is 0.0524. The second-order valence-electron chi connectivity index (χ2n) is 4.86. The first-order valence-electron chi connectivity index (χ1n) is 6.70. The lowest BCUT2D eigenvalue weighted by Crippen LogP contribution is -2.32. The third-order valence-electron chi connectivity index (χ3n) is 3.54. The number of rotatable bonds is 2. The number of aromatic nitrogens is 1. The first-order valence-corrected chi connectivity index (χ1v) is 7.58. The number of nitrogens with one attached hydrogen (secondary N) is 2. The molecule has 104 valence electrons. The summed E-state index contributed by atoms with van der Waals surface area (Å²) in [6, 6.07) is 15.8. The van der Waals surface area contributed by atoms with E-state index in [9.17, 15) is 4.79 Å². The summed E-state index contributed by atoms with van der Waals surface area (Å²) in [5, 5.41) is 9.32. The highest BCUT2D eigenvalue weighted by Gasteiger charge is 2.26. The van der Waals surface area contributed by atoms with Gasteiger partial charge in [-0.2, -0.15) is 0 Å². The van der Waals surface area contributed by atoms with E-state index in [1.807, 2.05) is 60.1 Å². The third kappa shape index (κ3) is 2.02. The molecule has 0 spiro atoms. The van der Waals surface area contributed by atoms with E-state index in [0.717, 1.165) is 21.9 Å². The molecule has 3 aromatic rings. The van der Waals surface area contributed by atoms with E-state index in [1.54, 1.807) is 11.3 Å². The minimum atomic E-state index is -0.255. The Hall–Kier alpha value is -2.53. The highest BCUT2D eigenvalue weighted by molar-refractivity contribution is 7.13. The van der Waals surface area contributed by atoms with Crippen molar-refractivity contribution >= 4 is 22.9 Å². The number of nitrogens with zero attached hydrogens (tertiary/aromatic N) is 1. The van der Waals surface area contributed by atoms with Crippen molar-refractivity contribution in [2.75, 3.05) is 5.32 Å². The summed E-state index contributed by atoms with van der Waals surface area (Å²) in [5.74, 6) is -0.0524. The van der Waals surface area contributed by atoms with Gasteiger partial charge in [-0.25, -0.2) is 0 Å². The lowest BCUT2D eigenvalue weighted by Gasteiger charge is -2.20. The van der Waals surface area contributed by atoms with Gasteiger partial charge in [-0.3, -0.25) is 4.79 Å².